The predicted molar refractivity (Wildman–Crippen MR) is 128 cm³/mol. The molecule has 0 nitrogen and oxygen atoms in total. The summed E-state index contributed by atoms with van der Waals surface area (Å²) in [6.07, 6.45) is 5.33. The number of fused-ring (bicyclic) bond motifs is 2. The molecule has 0 amide bonds. The fraction of sp³-hybridized carbons (Fsp3) is 0.267. The molecule has 0 saturated heterocycles. The van der Waals surface area contributed by atoms with Crippen LogP contribution in [0.5, 0.6) is 0 Å². The van der Waals surface area contributed by atoms with Gasteiger partial charge < -0.3 is 0 Å². The first-order chi connectivity index (χ1) is 15.2. The van der Waals surface area contributed by atoms with E-state index in [0.29, 0.717) is 11.8 Å². The zero-order valence-electron chi connectivity index (χ0n) is 18.2. The first-order valence-corrected chi connectivity index (χ1v) is 11.5. The first-order valence-electron chi connectivity index (χ1n) is 11.5. The second-order valence-corrected chi connectivity index (χ2v) is 9.05. The van der Waals surface area contributed by atoms with E-state index >= 15 is 0 Å². The van der Waals surface area contributed by atoms with E-state index in [9.17, 15) is 4.39 Å². The van der Waals surface area contributed by atoms with E-state index in [2.05, 4.69) is 67.6 Å². The second kappa shape index (κ2) is 8.67. The summed E-state index contributed by atoms with van der Waals surface area (Å²) in [6, 6.07) is 29.5. The minimum absolute atomic E-state index is 0.0646. The van der Waals surface area contributed by atoms with Gasteiger partial charge in [0.05, 0.1) is 0 Å². The molecule has 1 aliphatic rings. The van der Waals surface area contributed by atoms with E-state index in [-0.39, 0.29) is 5.82 Å². The van der Waals surface area contributed by atoms with Gasteiger partial charge in [0.15, 0.2) is 0 Å². The largest absolute Gasteiger partial charge is 0.207 e. The van der Waals surface area contributed by atoms with Crippen molar-refractivity contribution < 1.29 is 4.39 Å². The number of hydrogen-bond acceptors (Lipinski definition) is 0. The Bertz CT molecular complexity index is 1210. The van der Waals surface area contributed by atoms with Crippen LogP contribution in [0.3, 0.4) is 0 Å². The zero-order valence-corrected chi connectivity index (χ0v) is 18.2. The van der Waals surface area contributed by atoms with Gasteiger partial charge in [-0.3, -0.25) is 0 Å². The van der Waals surface area contributed by atoms with Crippen molar-refractivity contribution >= 4 is 10.8 Å². The predicted octanol–water partition coefficient (Wildman–Crippen LogP) is 7.87. The monoisotopic (exact) mass is 408 g/mol. The van der Waals surface area contributed by atoms with Gasteiger partial charge in [-0.05, 0) is 82.7 Å². The zero-order chi connectivity index (χ0) is 21.2. The van der Waals surface area contributed by atoms with Crippen LogP contribution in [0.25, 0.3) is 10.8 Å². The highest BCUT2D eigenvalue weighted by molar-refractivity contribution is 5.83. The fourth-order valence-corrected chi connectivity index (χ4v) is 5.28. The number of hydrogen-bond donors (Lipinski definition) is 0. The van der Waals surface area contributed by atoms with E-state index < -0.39 is 0 Å². The second-order valence-electron chi connectivity index (χ2n) is 9.05. The molecule has 0 fully saturated rings. The van der Waals surface area contributed by atoms with Gasteiger partial charge in [-0.1, -0.05) is 85.8 Å². The van der Waals surface area contributed by atoms with Crippen molar-refractivity contribution in [1.29, 1.82) is 0 Å². The minimum Gasteiger partial charge on any atom is -0.207 e. The number of halogens is 1. The third kappa shape index (κ3) is 4.14. The maximum absolute atomic E-state index is 14.0. The molecule has 4 aromatic carbocycles. The van der Waals surface area contributed by atoms with Crippen LogP contribution in [-0.2, 0) is 19.3 Å². The number of aryl methyl sites for hydroxylation is 1. The maximum atomic E-state index is 14.0. The first kappa shape index (κ1) is 20.0. The molecule has 5 rings (SSSR count). The molecule has 0 aromatic heterocycles. The average Bonchev–Trinajstić information content (AvgIpc) is 2.82. The normalized spacial score (nSPS) is 16.8. The molecule has 0 saturated carbocycles. The Kier molecular flexibility index (Phi) is 5.59. The lowest BCUT2D eigenvalue weighted by atomic mass is 9.76. The minimum atomic E-state index is -0.0646. The molecule has 0 aliphatic heterocycles. The van der Waals surface area contributed by atoms with Gasteiger partial charge in [0, 0.05) is 5.92 Å². The topological polar surface area (TPSA) is 0 Å². The molecule has 0 radical (unpaired) electrons. The van der Waals surface area contributed by atoms with Crippen LogP contribution in [0.2, 0.25) is 0 Å². The van der Waals surface area contributed by atoms with Crippen molar-refractivity contribution in [2.24, 2.45) is 5.92 Å². The van der Waals surface area contributed by atoms with Gasteiger partial charge >= 0.3 is 0 Å². The number of rotatable bonds is 5. The summed E-state index contributed by atoms with van der Waals surface area (Å²) >= 11 is 0. The van der Waals surface area contributed by atoms with E-state index in [4.69, 9.17) is 0 Å². The lowest BCUT2D eigenvalue weighted by molar-refractivity contribution is 0.422. The highest BCUT2D eigenvalue weighted by Crippen LogP contribution is 2.36. The van der Waals surface area contributed by atoms with E-state index in [1.165, 1.54) is 33.9 Å². The van der Waals surface area contributed by atoms with Gasteiger partial charge in [0.1, 0.15) is 5.82 Å². The quantitative estimate of drug-likeness (QED) is 0.315. The molecule has 1 heteroatoms. The van der Waals surface area contributed by atoms with Crippen LogP contribution in [0, 0.1) is 11.7 Å². The van der Waals surface area contributed by atoms with E-state index in [1.54, 1.807) is 17.7 Å². The summed E-state index contributed by atoms with van der Waals surface area (Å²) in [5.41, 5.74) is 6.75. The Morgan fingerprint density at radius 3 is 2.55 bits per heavy atom. The molecule has 31 heavy (non-hydrogen) atoms. The van der Waals surface area contributed by atoms with Crippen molar-refractivity contribution in [1.82, 2.24) is 0 Å². The van der Waals surface area contributed by atoms with Crippen LogP contribution in [0.1, 0.15) is 53.5 Å². The molecule has 0 spiro atoms. The molecule has 0 N–H and O–H groups in total. The lowest BCUT2D eigenvalue weighted by Crippen LogP contribution is -2.17. The van der Waals surface area contributed by atoms with Crippen molar-refractivity contribution in [3.05, 3.63) is 119 Å². The third-order valence-corrected chi connectivity index (χ3v) is 7.14. The Labute approximate surface area is 184 Å². The average molecular weight is 409 g/mol. The molecule has 156 valence electrons. The molecule has 0 bridgehead atoms. The molecule has 4 aromatic rings. The van der Waals surface area contributed by atoms with E-state index in [0.717, 1.165) is 31.2 Å². The molecule has 1 aliphatic carbocycles. The molecule has 2 atom stereocenters. The summed E-state index contributed by atoms with van der Waals surface area (Å²) in [5, 5.41) is 2.61. The summed E-state index contributed by atoms with van der Waals surface area (Å²) in [7, 11) is 0. The Morgan fingerprint density at radius 1 is 0.871 bits per heavy atom. The fourth-order valence-electron chi connectivity index (χ4n) is 5.28. The van der Waals surface area contributed by atoms with Gasteiger partial charge in [0.2, 0.25) is 0 Å². The number of benzene rings is 4. The third-order valence-electron chi connectivity index (χ3n) is 7.14. The van der Waals surface area contributed by atoms with Crippen LogP contribution in [-0.4, -0.2) is 0 Å². The van der Waals surface area contributed by atoms with Crippen molar-refractivity contribution in [2.45, 2.75) is 44.9 Å². The highest BCUT2D eigenvalue weighted by atomic mass is 19.1. The standard InChI is InChI=1S/C30H29F/c1-21(25-17-16-23-7-2-3-9-26(23)20-25)28-11-6-10-27-19-22(14-18-29(27)28)13-15-24-8-4-5-12-30(24)31/h2-12,16-17,20-22H,13-15,18-19H2,1H3. The summed E-state index contributed by atoms with van der Waals surface area (Å²) in [5.74, 6) is 0.957. The highest BCUT2D eigenvalue weighted by Gasteiger charge is 2.23. The van der Waals surface area contributed by atoms with Crippen LogP contribution in [0.4, 0.5) is 4.39 Å². The summed E-state index contributed by atoms with van der Waals surface area (Å²) in [6.45, 7) is 2.34. The van der Waals surface area contributed by atoms with Gasteiger partial charge in [-0.15, -0.1) is 0 Å². The Balaban J connectivity index is 1.35. The van der Waals surface area contributed by atoms with Gasteiger partial charge in [0.25, 0.3) is 0 Å². The van der Waals surface area contributed by atoms with Crippen molar-refractivity contribution in [3.8, 4) is 0 Å². The molecular formula is C30H29F. The van der Waals surface area contributed by atoms with Crippen LogP contribution < -0.4 is 0 Å². The lowest BCUT2D eigenvalue weighted by Gasteiger charge is -2.28. The molecule has 2 unspecified atom stereocenters. The molecule has 0 heterocycles. The van der Waals surface area contributed by atoms with Crippen molar-refractivity contribution in [2.75, 3.05) is 0 Å². The Hall–Kier alpha value is -2.93. The van der Waals surface area contributed by atoms with Crippen LogP contribution >= 0.6 is 0 Å². The smallest absolute Gasteiger partial charge is 0.126 e. The van der Waals surface area contributed by atoms with Crippen molar-refractivity contribution in [3.63, 3.8) is 0 Å². The summed E-state index contributed by atoms with van der Waals surface area (Å²) < 4.78 is 14.0. The molecular weight excluding hydrogens is 379 g/mol. The van der Waals surface area contributed by atoms with E-state index in [1.807, 2.05) is 12.1 Å². The van der Waals surface area contributed by atoms with Crippen LogP contribution in [0.15, 0.2) is 84.9 Å². The maximum Gasteiger partial charge on any atom is 0.126 e. The summed E-state index contributed by atoms with van der Waals surface area (Å²) in [4.78, 5) is 0. The SMILES string of the molecule is CC(c1ccc2ccccc2c1)c1cccc2c1CCC(CCc1ccccc1F)C2. The Morgan fingerprint density at radius 2 is 1.68 bits per heavy atom. The van der Waals surface area contributed by atoms with Gasteiger partial charge in [-0.2, -0.15) is 0 Å². The van der Waals surface area contributed by atoms with Gasteiger partial charge in [-0.25, -0.2) is 4.39 Å².